The third kappa shape index (κ3) is 4.20. The molecule has 0 heterocycles. The van der Waals surface area contributed by atoms with Crippen LogP contribution in [0.4, 0.5) is 15.8 Å². The van der Waals surface area contributed by atoms with Gasteiger partial charge in [-0.25, -0.2) is 4.39 Å². The third-order valence-electron chi connectivity index (χ3n) is 2.44. The van der Waals surface area contributed by atoms with Crippen LogP contribution in [0.1, 0.15) is 0 Å². The first-order chi connectivity index (χ1) is 8.19. The van der Waals surface area contributed by atoms with Crippen molar-refractivity contribution in [2.75, 3.05) is 51.2 Å². The molecule has 0 aromatic heterocycles. The van der Waals surface area contributed by atoms with Crippen molar-refractivity contribution in [3.8, 4) is 0 Å². The Hall–Kier alpha value is -1.33. The van der Waals surface area contributed by atoms with Crippen LogP contribution in [0.2, 0.25) is 0 Å². The fraction of sp³-hybridized carbons (Fsp3) is 0.500. The second-order valence-electron chi connectivity index (χ2n) is 3.68. The maximum Gasteiger partial charge on any atom is 0.148 e. The molecule has 0 amide bonds. The lowest BCUT2D eigenvalue weighted by Gasteiger charge is -2.24. The molecule has 0 spiro atoms. The summed E-state index contributed by atoms with van der Waals surface area (Å²) in [5.41, 5.74) is 6.46. The predicted octanol–water partition coefficient (Wildman–Crippen LogP) is 1.51. The molecular weight excluding hydrogens is 223 g/mol. The number of methoxy groups -OCH3 is 2. The average molecular weight is 242 g/mol. The molecule has 1 aromatic rings. The Labute approximate surface area is 101 Å². The maximum absolute atomic E-state index is 13.8. The van der Waals surface area contributed by atoms with E-state index < -0.39 is 0 Å². The molecule has 0 aliphatic heterocycles. The Balaban J connectivity index is 2.79. The smallest absolute Gasteiger partial charge is 0.148 e. The van der Waals surface area contributed by atoms with E-state index in [1.54, 1.807) is 26.4 Å². The van der Waals surface area contributed by atoms with E-state index in [1.807, 2.05) is 4.90 Å². The number of hydrogen-bond donors (Lipinski definition) is 1. The lowest BCUT2D eigenvalue weighted by Crippen LogP contribution is -2.31. The minimum Gasteiger partial charge on any atom is -0.399 e. The van der Waals surface area contributed by atoms with Crippen molar-refractivity contribution in [1.29, 1.82) is 0 Å². The lowest BCUT2D eigenvalue weighted by molar-refractivity contribution is 0.190. The van der Waals surface area contributed by atoms with Crippen molar-refractivity contribution in [3.05, 3.63) is 24.0 Å². The molecule has 5 heteroatoms. The van der Waals surface area contributed by atoms with E-state index in [2.05, 4.69) is 0 Å². The molecule has 0 fully saturated rings. The molecule has 96 valence electrons. The highest BCUT2D eigenvalue weighted by molar-refractivity contribution is 5.54. The van der Waals surface area contributed by atoms with Crippen LogP contribution in [0, 0.1) is 5.82 Å². The highest BCUT2D eigenvalue weighted by Gasteiger charge is 2.11. The average Bonchev–Trinajstić information content (AvgIpc) is 2.30. The van der Waals surface area contributed by atoms with E-state index in [1.165, 1.54) is 6.07 Å². The summed E-state index contributed by atoms with van der Waals surface area (Å²) in [6.45, 7) is 2.29. The van der Waals surface area contributed by atoms with Gasteiger partial charge in [-0.05, 0) is 18.2 Å². The van der Waals surface area contributed by atoms with Crippen LogP contribution in [-0.4, -0.2) is 40.5 Å². The Kier molecular flexibility index (Phi) is 5.72. The van der Waals surface area contributed by atoms with Crippen LogP contribution in [0.3, 0.4) is 0 Å². The fourth-order valence-electron chi connectivity index (χ4n) is 1.54. The predicted molar refractivity (Wildman–Crippen MR) is 66.8 cm³/mol. The molecule has 0 saturated carbocycles. The van der Waals surface area contributed by atoms with Gasteiger partial charge in [0.05, 0.1) is 18.9 Å². The summed E-state index contributed by atoms with van der Waals surface area (Å²) in [6.07, 6.45) is 0. The zero-order valence-corrected chi connectivity index (χ0v) is 10.3. The van der Waals surface area contributed by atoms with Gasteiger partial charge < -0.3 is 20.1 Å². The molecule has 2 N–H and O–H groups in total. The zero-order chi connectivity index (χ0) is 12.7. The number of nitrogens with two attached hydrogens (primary N) is 1. The summed E-state index contributed by atoms with van der Waals surface area (Å²) in [6, 6.07) is 4.68. The number of hydrogen-bond acceptors (Lipinski definition) is 4. The zero-order valence-electron chi connectivity index (χ0n) is 10.3. The molecular formula is C12H19FN2O2. The van der Waals surface area contributed by atoms with E-state index in [4.69, 9.17) is 15.2 Å². The molecule has 0 saturated heterocycles. The van der Waals surface area contributed by atoms with Crippen molar-refractivity contribution in [1.82, 2.24) is 0 Å². The molecule has 0 atom stereocenters. The van der Waals surface area contributed by atoms with Gasteiger partial charge in [-0.3, -0.25) is 0 Å². The molecule has 1 rings (SSSR count). The van der Waals surface area contributed by atoms with Crippen LogP contribution in [-0.2, 0) is 9.47 Å². The summed E-state index contributed by atoms with van der Waals surface area (Å²) in [5.74, 6) is -0.322. The van der Waals surface area contributed by atoms with Gasteiger partial charge in [-0.15, -0.1) is 0 Å². The van der Waals surface area contributed by atoms with E-state index in [0.717, 1.165) is 0 Å². The van der Waals surface area contributed by atoms with Gasteiger partial charge in [0, 0.05) is 33.0 Å². The second-order valence-corrected chi connectivity index (χ2v) is 3.68. The second kappa shape index (κ2) is 7.09. The van der Waals surface area contributed by atoms with E-state index in [9.17, 15) is 4.39 Å². The monoisotopic (exact) mass is 242 g/mol. The largest absolute Gasteiger partial charge is 0.399 e. The van der Waals surface area contributed by atoms with Crippen molar-refractivity contribution < 1.29 is 13.9 Å². The number of nitrogens with zero attached hydrogens (tertiary/aromatic N) is 1. The Bertz CT molecular complexity index is 339. The maximum atomic E-state index is 13.8. The molecule has 0 aliphatic carbocycles. The highest BCUT2D eigenvalue weighted by Crippen LogP contribution is 2.21. The summed E-state index contributed by atoms with van der Waals surface area (Å²) < 4.78 is 23.8. The van der Waals surface area contributed by atoms with E-state index >= 15 is 0 Å². The number of benzene rings is 1. The van der Waals surface area contributed by atoms with Crippen molar-refractivity contribution >= 4 is 11.4 Å². The van der Waals surface area contributed by atoms with Gasteiger partial charge in [-0.2, -0.15) is 0 Å². The van der Waals surface area contributed by atoms with Crippen molar-refractivity contribution in [2.45, 2.75) is 0 Å². The fourth-order valence-corrected chi connectivity index (χ4v) is 1.54. The summed E-state index contributed by atoms with van der Waals surface area (Å²) in [5, 5.41) is 0. The Morgan fingerprint density at radius 3 is 2.24 bits per heavy atom. The quantitative estimate of drug-likeness (QED) is 0.736. The van der Waals surface area contributed by atoms with Crippen LogP contribution in [0.15, 0.2) is 18.2 Å². The van der Waals surface area contributed by atoms with Crippen molar-refractivity contribution in [2.24, 2.45) is 0 Å². The summed E-state index contributed by atoms with van der Waals surface area (Å²) in [7, 11) is 3.24. The van der Waals surface area contributed by atoms with Gasteiger partial charge in [0.1, 0.15) is 5.82 Å². The SMILES string of the molecule is COCCN(CCOC)c1ccc(N)cc1F. The molecule has 0 aliphatic rings. The van der Waals surface area contributed by atoms with Gasteiger partial charge >= 0.3 is 0 Å². The van der Waals surface area contributed by atoms with Gasteiger partial charge in [0.25, 0.3) is 0 Å². The molecule has 4 nitrogen and oxygen atoms in total. The molecule has 0 bridgehead atoms. The molecule has 1 aromatic carbocycles. The third-order valence-corrected chi connectivity index (χ3v) is 2.44. The lowest BCUT2D eigenvalue weighted by atomic mass is 10.2. The first-order valence-corrected chi connectivity index (χ1v) is 5.47. The topological polar surface area (TPSA) is 47.7 Å². The van der Waals surface area contributed by atoms with E-state index in [0.29, 0.717) is 37.7 Å². The standard InChI is InChI=1S/C12H19FN2O2/c1-16-7-5-15(6-8-17-2)12-4-3-10(14)9-11(12)13/h3-4,9H,5-8,14H2,1-2H3. The normalized spacial score (nSPS) is 10.5. The van der Waals surface area contributed by atoms with Crippen LogP contribution in [0.5, 0.6) is 0 Å². The van der Waals surface area contributed by atoms with E-state index in [-0.39, 0.29) is 5.82 Å². The number of halogens is 1. The number of anilines is 2. The molecule has 0 radical (unpaired) electrons. The van der Waals surface area contributed by atoms with Crippen LogP contribution >= 0.6 is 0 Å². The Morgan fingerprint density at radius 2 is 1.76 bits per heavy atom. The van der Waals surface area contributed by atoms with Crippen LogP contribution in [0.25, 0.3) is 0 Å². The first-order valence-electron chi connectivity index (χ1n) is 5.47. The molecule has 0 unspecified atom stereocenters. The molecule has 17 heavy (non-hydrogen) atoms. The Morgan fingerprint density at radius 1 is 1.18 bits per heavy atom. The van der Waals surface area contributed by atoms with Gasteiger partial charge in [0.15, 0.2) is 0 Å². The minimum absolute atomic E-state index is 0.322. The van der Waals surface area contributed by atoms with Crippen molar-refractivity contribution in [3.63, 3.8) is 0 Å². The van der Waals surface area contributed by atoms with Gasteiger partial charge in [-0.1, -0.05) is 0 Å². The number of rotatable bonds is 7. The number of ether oxygens (including phenoxy) is 2. The highest BCUT2D eigenvalue weighted by atomic mass is 19.1. The summed E-state index contributed by atoms with van der Waals surface area (Å²) >= 11 is 0. The first kappa shape index (κ1) is 13.7. The van der Waals surface area contributed by atoms with Crippen LogP contribution < -0.4 is 10.6 Å². The minimum atomic E-state index is -0.322. The number of nitrogen functional groups attached to an aromatic ring is 1. The summed E-state index contributed by atoms with van der Waals surface area (Å²) in [4.78, 5) is 1.88. The van der Waals surface area contributed by atoms with Gasteiger partial charge in [0.2, 0.25) is 0 Å².